The van der Waals surface area contributed by atoms with Crippen molar-refractivity contribution in [2.75, 3.05) is 19.8 Å². The average molecular weight is 234 g/mol. The first-order chi connectivity index (χ1) is 8.34. The van der Waals surface area contributed by atoms with E-state index in [1.54, 1.807) is 6.20 Å². The number of ether oxygens (including phenoxy) is 1. The zero-order valence-corrected chi connectivity index (χ0v) is 9.30. The molecule has 2 aliphatic heterocycles. The minimum Gasteiger partial charge on any atom is -0.379 e. The maximum atomic E-state index is 11.9. The Morgan fingerprint density at radius 1 is 1.47 bits per heavy atom. The summed E-state index contributed by atoms with van der Waals surface area (Å²) in [7, 11) is 0. The lowest BCUT2D eigenvalue weighted by Crippen LogP contribution is -2.41. The molecule has 3 rings (SSSR count). The highest BCUT2D eigenvalue weighted by atomic mass is 16.5. The molecule has 0 radical (unpaired) electrons. The van der Waals surface area contributed by atoms with Crippen LogP contribution in [0.3, 0.4) is 0 Å². The minimum atomic E-state index is -0.169. The third-order valence-corrected chi connectivity index (χ3v) is 3.35. The molecule has 0 bridgehead atoms. The number of amides is 1. The van der Waals surface area contributed by atoms with E-state index in [4.69, 9.17) is 4.74 Å². The van der Waals surface area contributed by atoms with Gasteiger partial charge in [0, 0.05) is 36.9 Å². The van der Waals surface area contributed by atoms with Crippen LogP contribution >= 0.6 is 0 Å². The second-order valence-corrected chi connectivity index (χ2v) is 4.39. The van der Waals surface area contributed by atoms with E-state index >= 15 is 0 Å². The molecule has 0 unspecified atom stereocenters. The second-order valence-electron chi connectivity index (χ2n) is 4.39. The molecule has 17 heavy (non-hydrogen) atoms. The van der Waals surface area contributed by atoms with Gasteiger partial charge in [-0.15, -0.1) is 0 Å². The van der Waals surface area contributed by atoms with Gasteiger partial charge in [0.25, 0.3) is 5.91 Å². The van der Waals surface area contributed by atoms with E-state index < -0.39 is 0 Å². The molecule has 0 spiro atoms. The molecule has 3 atom stereocenters. The molecule has 0 aliphatic carbocycles. The first kappa shape index (κ1) is 10.6. The third kappa shape index (κ3) is 2.01. The van der Waals surface area contributed by atoms with Crippen molar-refractivity contribution >= 4 is 5.91 Å². The van der Waals surface area contributed by atoms with E-state index in [0.717, 1.165) is 13.2 Å². The predicted octanol–water partition coefficient (Wildman–Crippen LogP) is -0.807. The van der Waals surface area contributed by atoms with Crippen molar-refractivity contribution in [2.45, 2.75) is 12.1 Å². The minimum absolute atomic E-state index is 0.122. The molecule has 2 N–H and O–H groups in total. The molecule has 1 aromatic heterocycles. The average Bonchev–Trinajstić information content (AvgIpc) is 2.95. The molecule has 0 saturated carbocycles. The van der Waals surface area contributed by atoms with Crippen LogP contribution in [0.5, 0.6) is 0 Å². The molecular weight excluding hydrogens is 220 g/mol. The van der Waals surface area contributed by atoms with Gasteiger partial charge < -0.3 is 15.4 Å². The van der Waals surface area contributed by atoms with Gasteiger partial charge >= 0.3 is 0 Å². The third-order valence-electron chi connectivity index (χ3n) is 3.35. The number of hydrogen-bond acceptors (Lipinski definition) is 5. The zero-order chi connectivity index (χ0) is 11.7. The summed E-state index contributed by atoms with van der Waals surface area (Å²) in [6.07, 6.45) is 4.54. The molecule has 3 heterocycles. The standard InChI is InChI=1S/C11H14N4O2/c16-11(9-3-12-1-2-13-9)15-8-4-14-10-6-17-5-7(8)10/h1-3,7-8,10,14H,4-6H2,(H,15,16)/t7-,8-,10-/m1/s1. The lowest BCUT2D eigenvalue weighted by atomic mass is 10.00. The first-order valence-corrected chi connectivity index (χ1v) is 5.72. The van der Waals surface area contributed by atoms with Gasteiger partial charge in [0.05, 0.1) is 19.4 Å². The highest BCUT2D eigenvalue weighted by molar-refractivity contribution is 5.92. The van der Waals surface area contributed by atoms with Crippen molar-refractivity contribution in [1.82, 2.24) is 20.6 Å². The van der Waals surface area contributed by atoms with E-state index in [0.29, 0.717) is 24.3 Å². The summed E-state index contributed by atoms with van der Waals surface area (Å²) in [4.78, 5) is 19.8. The predicted molar refractivity (Wildman–Crippen MR) is 59.4 cm³/mol. The van der Waals surface area contributed by atoms with Gasteiger partial charge in [-0.25, -0.2) is 4.98 Å². The number of aromatic nitrogens is 2. The van der Waals surface area contributed by atoms with Gasteiger partial charge in [-0.1, -0.05) is 0 Å². The van der Waals surface area contributed by atoms with E-state index in [2.05, 4.69) is 20.6 Å². The van der Waals surface area contributed by atoms with Crippen LogP contribution in [0, 0.1) is 5.92 Å². The van der Waals surface area contributed by atoms with Crippen LogP contribution in [-0.4, -0.2) is 47.7 Å². The number of nitrogens with zero attached hydrogens (tertiary/aromatic N) is 2. The zero-order valence-electron chi connectivity index (χ0n) is 9.30. The van der Waals surface area contributed by atoms with E-state index in [9.17, 15) is 4.79 Å². The number of hydrogen-bond donors (Lipinski definition) is 2. The Morgan fingerprint density at radius 2 is 2.41 bits per heavy atom. The van der Waals surface area contributed by atoms with Crippen LogP contribution in [0.25, 0.3) is 0 Å². The Kier molecular flexibility index (Phi) is 2.74. The maximum absolute atomic E-state index is 11.9. The SMILES string of the molecule is O=C(N[C@@H]1CN[C@@H]2COC[C@@H]21)c1cnccn1. The molecule has 2 saturated heterocycles. The molecule has 6 heteroatoms. The van der Waals surface area contributed by atoms with E-state index in [1.807, 2.05) is 0 Å². The van der Waals surface area contributed by atoms with Crippen molar-refractivity contribution in [3.63, 3.8) is 0 Å². The van der Waals surface area contributed by atoms with Crippen molar-refractivity contribution < 1.29 is 9.53 Å². The number of nitrogens with one attached hydrogen (secondary N) is 2. The van der Waals surface area contributed by atoms with Gasteiger partial charge in [0.15, 0.2) is 0 Å². The molecule has 1 aromatic rings. The van der Waals surface area contributed by atoms with E-state index in [1.165, 1.54) is 12.4 Å². The normalized spacial score (nSPS) is 31.2. The maximum Gasteiger partial charge on any atom is 0.271 e. The summed E-state index contributed by atoms with van der Waals surface area (Å²) in [6.45, 7) is 2.25. The van der Waals surface area contributed by atoms with Crippen LogP contribution in [0.1, 0.15) is 10.5 Å². The topological polar surface area (TPSA) is 76.1 Å². The summed E-state index contributed by atoms with van der Waals surface area (Å²) in [5.41, 5.74) is 0.356. The monoisotopic (exact) mass is 234 g/mol. The Morgan fingerprint density at radius 3 is 3.24 bits per heavy atom. The number of carbonyl (C=O) groups excluding carboxylic acids is 1. The summed E-state index contributed by atoms with van der Waals surface area (Å²) in [5, 5.41) is 6.33. The van der Waals surface area contributed by atoms with Crippen molar-refractivity contribution in [3.8, 4) is 0 Å². The summed E-state index contributed by atoms with van der Waals surface area (Å²) >= 11 is 0. The highest BCUT2D eigenvalue weighted by Gasteiger charge is 2.40. The summed E-state index contributed by atoms with van der Waals surface area (Å²) < 4.78 is 5.39. The fraction of sp³-hybridized carbons (Fsp3) is 0.545. The Labute approximate surface area is 98.8 Å². The van der Waals surface area contributed by atoms with Crippen LogP contribution in [0.4, 0.5) is 0 Å². The number of rotatable bonds is 2. The molecular formula is C11H14N4O2. The van der Waals surface area contributed by atoms with Gasteiger partial charge in [-0.05, 0) is 0 Å². The molecule has 90 valence electrons. The fourth-order valence-electron chi connectivity index (χ4n) is 2.42. The second kappa shape index (κ2) is 4.38. The Hall–Kier alpha value is -1.53. The Bertz CT molecular complexity index is 411. The van der Waals surface area contributed by atoms with Crippen LogP contribution in [0.15, 0.2) is 18.6 Å². The molecule has 1 amide bonds. The number of carbonyl (C=O) groups is 1. The quantitative estimate of drug-likeness (QED) is 0.700. The lowest BCUT2D eigenvalue weighted by Gasteiger charge is -2.17. The molecule has 0 aromatic carbocycles. The highest BCUT2D eigenvalue weighted by Crippen LogP contribution is 2.22. The van der Waals surface area contributed by atoms with Crippen LogP contribution in [-0.2, 0) is 4.74 Å². The largest absolute Gasteiger partial charge is 0.379 e. The van der Waals surface area contributed by atoms with Crippen molar-refractivity contribution in [3.05, 3.63) is 24.3 Å². The van der Waals surface area contributed by atoms with Gasteiger partial charge in [0.1, 0.15) is 5.69 Å². The first-order valence-electron chi connectivity index (χ1n) is 5.72. The molecule has 2 aliphatic rings. The molecule has 6 nitrogen and oxygen atoms in total. The number of fused-ring (bicyclic) bond motifs is 1. The van der Waals surface area contributed by atoms with Crippen molar-refractivity contribution in [1.29, 1.82) is 0 Å². The Balaban J connectivity index is 1.66. The van der Waals surface area contributed by atoms with Gasteiger partial charge in [0.2, 0.25) is 0 Å². The van der Waals surface area contributed by atoms with Crippen LogP contribution in [0.2, 0.25) is 0 Å². The summed E-state index contributed by atoms with van der Waals surface area (Å²) in [6, 6.07) is 0.499. The molecule has 2 fully saturated rings. The fourth-order valence-corrected chi connectivity index (χ4v) is 2.42. The van der Waals surface area contributed by atoms with E-state index in [-0.39, 0.29) is 11.9 Å². The van der Waals surface area contributed by atoms with Gasteiger partial charge in [-0.3, -0.25) is 9.78 Å². The van der Waals surface area contributed by atoms with Gasteiger partial charge in [-0.2, -0.15) is 0 Å². The smallest absolute Gasteiger partial charge is 0.271 e. The van der Waals surface area contributed by atoms with Crippen molar-refractivity contribution in [2.24, 2.45) is 5.92 Å². The summed E-state index contributed by atoms with van der Waals surface area (Å²) in [5.74, 6) is 0.202. The van der Waals surface area contributed by atoms with Crippen LogP contribution < -0.4 is 10.6 Å². The lowest BCUT2D eigenvalue weighted by molar-refractivity contribution is 0.0918.